The standard InChI is InChI=1S/C20H31N3O2/c1-4-11-21-20(25)17-9-12-23(13-10-17)15-19(24)22(3)14-18-8-6-5-7-16(18)2/h5-8,17H,4,9-15H2,1-3H3,(H,21,25). The van der Waals surface area contributed by atoms with Gasteiger partial charge in [0.25, 0.3) is 0 Å². The summed E-state index contributed by atoms with van der Waals surface area (Å²) < 4.78 is 0. The van der Waals surface area contributed by atoms with Crippen LogP contribution in [0, 0.1) is 12.8 Å². The van der Waals surface area contributed by atoms with E-state index in [1.807, 2.05) is 19.2 Å². The van der Waals surface area contributed by atoms with Gasteiger partial charge in [0.05, 0.1) is 6.54 Å². The minimum atomic E-state index is 0.0996. The average Bonchev–Trinajstić information content (AvgIpc) is 2.62. The van der Waals surface area contributed by atoms with Crippen molar-refractivity contribution in [2.24, 2.45) is 5.92 Å². The lowest BCUT2D eigenvalue weighted by molar-refractivity contribution is -0.132. The summed E-state index contributed by atoms with van der Waals surface area (Å²) in [6.45, 7) is 7.58. The Morgan fingerprint density at radius 3 is 2.56 bits per heavy atom. The number of likely N-dealkylation sites (N-methyl/N-ethyl adjacent to an activating group) is 1. The second kappa shape index (κ2) is 9.56. The molecule has 1 aliphatic heterocycles. The van der Waals surface area contributed by atoms with Gasteiger partial charge in [-0.3, -0.25) is 14.5 Å². The number of rotatable bonds is 7. The first-order chi connectivity index (χ1) is 12.0. The number of piperidine rings is 1. The van der Waals surface area contributed by atoms with Crippen molar-refractivity contribution in [1.82, 2.24) is 15.1 Å². The van der Waals surface area contributed by atoms with Crippen molar-refractivity contribution >= 4 is 11.8 Å². The number of likely N-dealkylation sites (tertiary alicyclic amines) is 1. The summed E-state index contributed by atoms with van der Waals surface area (Å²) in [5.41, 5.74) is 2.39. The van der Waals surface area contributed by atoms with Crippen molar-refractivity contribution in [2.45, 2.75) is 39.7 Å². The third-order valence-electron chi connectivity index (χ3n) is 4.96. The predicted molar refractivity (Wildman–Crippen MR) is 100 cm³/mol. The van der Waals surface area contributed by atoms with E-state index in [9.17, 15) is 9.59 Å². The van der Waals surface area contributed by atoms with Crippen LogP contribution in [0.2, 0.25) is 0 Å². The zero-order chi connectivity index (χ0) is 18.2. The lowest BCUT2D eigenvalue weighted by Crippen LogP contribution is -2.44. The fourth-order valence-electron chi connectivity index (χ4n) is 3.19. The maximum atomic E-state index is 12.5. The van der Waals surface area contributed by atoms with E-state index >= 15 is 0 Å². The second-order valence-electron chi connectivity index (χ2n) is 7.02. The summed E-state index contributed by atoms with van der Waals surface area (Å²) in [7, 11) is 1.86. The van der Waals surface area contributed by atoms with Crippen LogP contribution in [-0.4, -0.2) is 54.8 Å². The molecule has 0 spiro atoms. The van der Waals surface area contributed by atoms with Crippen molar-refractivity contribution in [2.75, 3.05) is 33.2 Å². The Balaban J connectivity index is 1.76. The van der Waals surface area contributed by atoms with Gasteiger partial charge >= 0.3 is 0 Å². The Morgan fingerprint density at radius 2 is 1.92 bits per heavy atom. The molecule has 0 unspecified atom stereocenters. The summed E-state index contributed by atoms with van der Waals surface area (Å²) in [4.78, 5) is 28.5. The van der Waals surface area contributed by atoms with Crippen LogP contribution in [0.3, 0.4) is 0 Å². The number of hydrogen-bond donors (Lipinski definition) is 1. The molecule has 138 valence electrons. The molecule has 1 aliphatic rings. The summed E-state index contributed by atoms with van der Waals surface area (Å²) in [6, 6.07) is 8.16. The van der Waals surface area contributed by atoms with Crippen molar-refractivity contribution < 1.29 is 9.59 Å². The first kappa shape index (κ1) is 19.4. The van der Waals surface area contributed by atoms with E-state index in [0.29, 0.717) is 13.1 Å². The molecule has 1 N–H and O–H groups in total. The zero-order valence-corrected chi connectivity index (χ0v) is 15.8. The molecule has 0 atom stereocenters. The number of nitrogens with zero attached hydrogens (tertiary/aromatic N) is 2. The Morgan fingerprint density at radius 1 is 1.24 bits per heavy atom. The topological polar surface area (TPSA) is 52.7 Å². The highest BCUT2D eigenvalue weighted by molar-refractivity contribution is 5.79. The molecular formula is C20H31N3O2. The normalized spacial score (nSPS) is 15.8. The third-order valence-corrected chi connectivity index (χ3v) is 4.96. The van der Waals surface area contributed by atoms with Crippen LogP contribution in [0.5, 0.6) is 0 Å². The van der Waals surface area contributed by atoms with Crippen LogP contribution in [0.1, 0.15) is 37.3 Å². The monoisotopic (exact) mass is 345 g/mol. The third kappa shape index (κ3) is 5.85. The smallest absolute Gasteiger partial charge is 0.236 e. The molecule has 1 aromatic rings. The lowest BCUT2D eigenvalue weighted by Gasteiger charge is -2.32. The van der Waals surface area contributed by atoms with Gasteiger partial charge in [-0.1, -0.05) is 31.2 Å². The molecule has 1 heterocycles. The Bertz CT molecular complexity index is 580. The number of carbonyl (C=O) groups excluding carboxylic acids is 2. The molecule has 1 saturated heterocycles. The van der Waals surface area contributed by atoms with Crippen LogP contribution in [0.15, 0.2) is 24.3 Å². The molecule has 1 fully saturated rings. The highest BCUT2D eigenvalue weighted by Crippen LogP contribution is 2.17. The van der Waals surface area contributed by atoms with Crippen molar-refractivity contribution in [1.29, 1.82) is 0 Å². The molecule has 0 saturated carbocycles. The summed E-state index contributed by atoms with van der Waals surface area (Å²) in [5, 5.41) is 2.98. The first-order valence-corrected chi connectivity index (χ1v) is 9.29. The molecule has 1 aromatic carbocycles. The molecule has 25 heavy (non-hydrogen) atoms. The fourth-order valence-corrected chi connectivity index (χ4v) is 3.19. The van der Waals surface area contributed by atoms with Crippen LogP contribution >= 0.6 is 0 Å². The molecule has 2 rings (SSSR count). The van der Waals surface area contributed by atoms with E-state index in [0.717, 1.165) is 38.9 Å². The second-order valence-corrected chi connectivity index (χ2v) is 7.02. The van der Waals surface area contributed by atoms with E-state index in [1.165, 1.54) is 11.1 Å². The lowest BCUT2D eigenvalue weighted by atomic mass is 9.96. The van der Waals surface area contributed by atoms with Gasteiger partial charge in [0.1, 0.15) is 0 Å². The Kier molecular flexibility index (Phi) is 7.44. The van der Waals surface area contributed by atoms with E-state index in [-0.39, 0.29) is 17.7 Å². The van der Waals surface area contributed by atoms with Crippen LogP contribution in [0.25, 0.3) is 0 Å². The summed E-state index contributed by atoms with van der Waals surface area (Å²) in [5.74, 6) is 0.407. The minimum Gasteiger partial charge on any atom is -0.356 e. The van der Waals surface area contributed by atoms with Crippen molar-refractivity contribution in [3.05, 3.63) is 35.4 Å². The van der Waals surface area contributed by atoms with Crippen LogP contribution in [0.4, 0.5) is 0 Å². The molecule has 0 aromatic heterocycles. The van der Waals surface area contributed by atoms with Gasteiger partial charge in [-0.25, -0.2) is 0 Å². The first-order valence-electron chi connectivity index (χ1n) is 9.29. The fraction of sp³-hybridized carbons (Fsp3) is 0.600. The van der Waals surface area contributed by atoms with E-state index < -0.39 is 0 Å². The van der Waals surface area contributed by atoms with Crippen LogP contribution < -0.4 is 5.32 Å². The number of carbonyl (C=O) groups is 2. The average molecular weight is 345 g/mol. The predicted octanol–water partition coefficient (Wildman–Crippen LogP) is 2.19. The van der Waals surface area contributed by atoms with E-state index in [1.54, 1.807) is 4.90 Å². The Labute approximate surface area is 151 Å². The van der Waals surface area contributed by atoms with Crippen molar-refractivity contribution in [3.63, 3.8) is 0 Å². The Hall–Kier alpha value is -1.88. The van der Waals surface area contributed by atoms with Gasteiger partial charge in [-0.05, 0) is 50.4 Å². The molecule has 2 amide bonds. The van der Waals surface area contributed by atoms with Crippen LogP contribution in [-0.2, 0) is 16.1 Å². The largest absolute Gasteiger partial charge is 0.356 e. The maximum absolute atomic E-state index is 12.5. The van der Waals surface area contributed by atoms with E-state index in [2.05, 4.69) is 36.2 Å². The molecular weight excluding hydrogens is 314 g/mol. The zero-order valence-electron chi connectivity index (χ0n) is 15.8. The molecule has 5 nitrogen and oxygen atoms in total. The van der Waals surface area contributed by atoms with E-state index in [4.69, 9.17) is 0 Å². The van der Waals surface area contributed by atoms with Gasteiger partial charge in [0, 0.05) is 26.1 Å². The summed E-state index contributed by atoms with van der Waals surface area (Å²) in [6.07, 6.45) is 2.64. The summed E-state index contributed by atoms with van der Waals surface area (Å²) >= 11 is 0. The number of aryl methyl sites for hydroxylation is 1. The van der Waals surface area contributed by atoms with Gasteiger partial charge < -0.3 is 10.2 Å². The van der Waals surface area contributed by atoms with Gasteiger partial charge in [0.2, 0.25) is 11.8 Å². The number of benzene rings is 1. The molecule has 5 heteroatoms. The number of hydrogen-bond acceptors (Lipinski definition) is 3. The minimum absolute atomic E-state index is 0.0996. The number of amides is 2. The molecule has 0 bridgehead atoms. The highest BCUT2D eigenvalue weighted by Gasteiger charge is 2.26. The molecule has 0 aliphatic carbocycles. The van der Waals surface area contributed by atoms with Gasteiger partial charge in [0.15, 0.2) is 0 Å². The van der Waals surface area contributed by atoms with Crippen molar-refractivity contribution in [3.8, 4) is 0 Å². The van der Waals surface area contributed by atoms with Gasteiger partial charge in [-0.2, -0.15) is 0 Å². The quantitative estimate of drug-likeness (QED) is 0.824. The highest BCUT2D eigenvalue weighted by atomic mass is 16.2. The SMILES string of the molecule is CCCNC(=O)C1CCN(CC(=O)N(C)Cc2ccccc2C)CC1. The number of nitrogens with one attached hydrogen (secondary N) is 1. The molecule has 0 radical (unpaired) electrons. The van der Waals surface area contributed by atoms with Gasteiger partial charge in [-0.15, -0.1) is 0 Å². The maximum Gasteiger partial charge on any atom is 0.236 e.